The topological polar surface area (TPSA) is 55.4 Å². The van der Waals surface area contributed by atoms with Gasteiger partial charge < -0.3 is 10.1 Å². The maximum atomic E-state index is 12.4. The summed E-state index contributed by atoms with van der Waals surface area (Å²) in [7, 11) is 0. The molecule has 2 rings (SSSR count). The summed E-state index contributed by atoms with van der Waals surface area (Å²) in [6.07, 6.45) is 0.189. The molecule has 23 heavy (non-hydrogen) atoms. The largest absolute Gasteiger partial charge is 0.466 e. The molecule has 0 bridgehead atoms. The van der Waals surface area contributed by atoms with Gasteiger partial charge in [0.2, 0.25) is 0 Å². The van der Waals surface area contributed by atoms with E-state index in [0.717, 1.165) is 15.6 Å². The summed E-state index contributed by atoms with van der Waals surface area (Å²) < 4.78 is 5.87. The number of carbonyl (C=O) groups excluding carboxylic acids is 2. The summed E-state index contributed by atoms with van der Waals surface area (Å²) >= 11 is 3.38. The summed E-state index contributed by atoms with van der Waals surface area (Å²) in [5.41, 5.74) is 2.96. The van der Waals surface area contributed by atoms with Crippen molar-refractivity contribution >= 4 is 33.5 Å². The monoisotopic (exact) mass is 375 g/mol. The van der Waals surface area contributed by atoms with Crippen LogP contribution in [0.15, 0.2) is 46.9 Å². The molecule has 4 nitrogen and oxygen atoms in total. The third-order valence-electron chi connectivity index (χ3n) is 3.27. The third-order valence-corrected chi connectivity index (χ3v) is 3.76. The molecular formula is C18H18BrNO3. The van der Waals surface area contributed by atoms with Gasteiger partial charge in [-0.25, -0.2) is 0 Å². The highest BCUT2D eigenvalue weighted by atomic mass is 79.9. The van der Waals surface area contributed by atoms with E-state index in [1.54, 1.807) is 31.2 Å². The SMILES string of the molecule is CCOC(=O)Cc1cccc(NC(=O)c2ccc(Br)cc2C)c1. The van der Waals surface area contributed by atoms with Gasteiger partial charge in [-0.2, -0.15) is 0 Å². The Kier molecular flexibility index (Phi) is 5.93. The number of ether oxygens (including phenoxy) is 1. The molecule has 0 aromatic heterocycles. The average Bonchev–Trinajstić information content (AvgIpc) is 2.47. The van der Waals surface area contributed by atoms with Crippen LogP contribution in [0.4, 0.5) is 5.69 Å². The number of amides is 1. The Labute approximate surface area is 144 Å². The van der Waals surface area contributed by atoms with Crippen LogP contribution in [-0.4, -0.2) is 18.5 Å². The first-order valence-electron chi connectivity index (χ1n) is 7.31. The van der Waals surface area contributed by atoms with Crippen LogP contribution in [-0.2, 0) is 16.0 Å². The quantitative estimate of drug-likeness (QED) is 0.799. The summed E-state index contributed by atoms with van der Waals surface area (Å²) in [5, 5.41) is 2.86. The summed E-state index contributed by atoms with van der Waals surface area (Å²) in [4.78, 5) is 23.9. The predicted octanol–water partition coefficient (Wildman–Crippen LogP) is 4.12. The van der Waals surface area contributed by atoms with Crippen molar-refractivity contribution in [1.82, 2.24) is 0 Å². The number of hydrogen-bond donors (Lipinski definition) is 1. The van der Waals surface area contributed by atoms with Crippen molar-refractivity contribution in [2.75, 3.05) is 11.9 Å². The molecular weight excluding hydrogens is 358 g/mol. The fourth-order valence-corrected chi connectivity index (χ4v) is 2.69. The Morgan fingerprint density at radius 1 is 1.17 bits per heavy atom. The van der Waals surface area contributed by atoms with Gasteiger partial charge in [0.15, 0.2) is 0 Å². The zero-order valence-corrected chi connectivity index (χ0v) is 14.6. The van der Waals surface area contributed by atoms with E-state index in [9.17, 15) is 9.59 Å². The minimum absolute atomic E-state index is 0.178. The fourth-order valence-electron chi connectivity index (χ4n) is 2.22. The molecule has 5 heteroatoms. The van der Waals surface area contributed by atoms with Gasteiger partial charge in [-0.1, -0.05) is 28.1 Å². The number of carbonyl (C=O) groups is 2. The Bertz CT molecular complexity index is 728. The number of nitrogens with one attached hydrogen (secondary N) is 1. The highest BCUT2D eigenvalue weighted by molar-refractivity contribution is 9.10. The van der Waals surface area contributed by atoms with Crippen molar-refractivity contribution in [2.24, 2.45) is 0 Å². The molecule has 0 saturated heterocycles. The lowest BCUT2D eigenvalue weighted by Gasteiger charge is -2.09. The van der Waals surface area contributed by atoms with Gasteiger partial charge in [0.05, 0.1) is 13.0 Å². The van der Waals surface area contributed by atoms with Crippen molar-refractivity contribution in [2.45, 2.75) is 20.3 Å². The smallest absolute Gasteiger partial charge is 0.310 e. The van der Waals surface area contributed by atoms with Crippen molar-refractivity contribution in [3.63, 3.8) is 0 Å². The van der Waals surface area contributed by atoms with Crippen molar-refractivity contribution in [3.05, 3.63) is 63.6 Å². The van der Waals surface area contributed by atoms with Crippen LogP contribution >= 0.6 is 15.9 Å². The maximum Gasteiger partial charge on any atom is 0.310 e. The van der Waals surface area contributed by atoms with Gasteiger partial charge >= 0.3 is 5.97 Å². The van der Waals surface area contributed by atoms with E-state index in [1.165, 1.54) is 0 Å². The van der Waals surface area contributed by atoms with Gasteiger partial charge in [0, 0.05) is 15.7 Å². The van der Waals surface area contributed by atoms with Crippen molar-refractivity contribution in [3.8, 4) is 0 Å². The Hall–Kier alpha value is -2.14. The van der Waals surface area contributed by atoms with Gasteiger partial charge in [-0.3, -0.25) is 9.59 Å². The summed E-state index contributed by atoms with van der Waals surface area (Å²) in [6, 6.07) is 12.7. The summed E-state index contributed by atoms with van der Waals surface area (Å²) in [6.45, 7) is 4.02. The Morgan fingerprint density at radius 3 is 2.65 bits per heavy atom. The third kappa shape index (κ3) is 4.93. The highest BCUT2D eigenvalue weighted by Gasteiger charge is 2.10. The lowest BCUT2D eigenvalue weighted by atomic mass is 10.1. The number of rotatable bonds is 5. The second-order valence-corrected chi connectivity index (χ2v) is 6.01. The van der Waals surface area contributed by atoms with Crippen molar-refractivity contribution in [1.29, 1.82) is 0 Å². The first-order valence-corrected chi connectivity index (χ1v) is 8.11. The number of aryl methyl sites for hydroxylation is 1. The van der Waals surface area contributed by atoms with Crippen LogP contribution in [0.2, 0.25) is 0 Å². The first kappa shape index (κ1) is 17.2. The second kappa shape index (κ2) is 7.92. The van der Waals surface area contributed by atoms with E-state index in [0.29, 0.717) is 17.9 Å². The standard InChI is InChI=1S/C18H18BrNO3/c1-3-23-17(21)11-13-5-4-6-15(10-13)20-18(22)16-8-7-14(19)9-12(16)2/h4-10H,3,11H2,1-2H3,(H,20,22). The molecule has 0 atom stereocenters. The predicted molar refractivity (Wildman–Crippen MR) is 93.6 cm³/mol. The van der Waals surface area contributed by atoms with Crippen molar-refractivity contribution < 1.29 is 14.3 Å². The second-order valence-electron chi connectivity index (χ2n) is 5.10. The maximum absolute atomic E-state index is 12.4. The minimum Gasteiger partial charge on any atom is -0.466 e. The molecule has 0 unspecified atom stereocenters. The molecule has 0 aliphatic heterocycles. The van der Waals surface area contributed by atoms with Crippen LogP contribution in [0.3, 0.4) is 0 Å². The van der Waals surface area contributed by atoms with Crippen LogP contribution in [0.5, 0.6) is 0 Å². The number of halogens is 1. The zero-order chi connectivity index (χ0) is 16.8. The fraction of sp³-hybridized carbons (Fsp3) is 0.222. The molecule has 0 aliphatic carbocycles. The van der Waals surface area contributed by atoms with E-state index >= 15 is 0 Å². The number of hydrogen-bond acceptors (Lipinski definition) is 3. The Morgan fingerprint density at radius 2 is 1.96 bits per heavy atom. The highest BCUT2D eigenvalue weighted by Crippen LogP contribution is 2.18. The van der Waals surface area contributed by atoms with E-state index in [1.807, 2.05) is 25.1 Å². The molecule has 120 valence electrons. The van der Waals surface area contributed by atoms with E-state index < -0.39 is 0 Å². The number of benzene rings is 2. The van der Waals surface area contributed by atoms with Crippen LogP contribution in [0.25, 0.3) is 0 Å². The lowest BCUT2D eigenvalue weighted by molar-refractivity contribution is -0.142. The van der Waals surface area contributed by atoms with Crippen LogP contribution in [0.1, 0.15) is 28.4 Å². The molecule has 0 radical (unpaired) electrons. The van der Waals surface area contributed by atoms with Crippen LogP contribution in [0, 0.1) is 6.92 Å². The van der Waals surface area contributed by atoms with Crippen LogP contribution < -0.4 is 5.32 Å². The molecule has 0 aliphatic rings. The van der Waals surface area contributed by atoms with Gasteiger partial charge in [0.1, 0.15) is 0 Å². The molecule has 1 amide bonds. The summed E-state index contributed by atoms with van der Waals surface area (Å²) in [5.74, 6) is -0.456. The zero-order valence-electron chi connectivity index (χ0n) is 13.1. The minimum atomic E-state index is -0.278. The molecule has 2 aromatic rings. The van der Waals surface area contributed by atoms with Gasteiger partial charge in [-0.15, -0.1) is 0 Å². The first-order chi connectivity index (χ1) is 11.0. The number of anilines is 1. The average molecular weight is 376 g/mol. The molecule has 1 N–H and O–H groups in total. The lowest BCUT2D eigenvalue weighted by Crippen LogP contribution is -2.14. The Balaban J connectivity index is 2.10. The van der Waals surface area contributed by atoms with Gasteiger partial charge in [-0.05, 0) is 55.3 Å². The normalized spacial score (nSPS) is 10.2. The molecule has 0 spiro atoms. The van der Waals surface area contributed by atoms with E-state index in [-0.39, 0.29) is 18.3 Å². The van der Waals surface area contributed by atoms with E-state index in [2.05, 4.69) is 21.2 Å². The van der Waals surface area contributed by atoms with E-state index in [4.69, 9.17) is 4.74 Å². The molecule has 0 saturated carbocycles. The molecule has 0 fully saturated rings. The molecule has 0 heterocycles. The number of esters is 1. The van der Waals surface area contributed by atoms with Gasteiger partial charge in [0.25, 0.3) is 5.91 Å². The molecule has 2 aromatic carbocycles.